The van der Waals surface area contributed by atoms with Gasteiger partial charge in [-0.05, 0) is 36.4 Å². The fourth-order valence-corrected chi connectivity index (χ4v) is 2.01. The number of carbonyl (C=O) groups excluding carboxylic acids is 1. The van der Waals surface area contributed by atoms with Gasteiger partial charge in [-0.25, -0.2) is 4.39 Å². The number of hydrogen-bond donors (Lipinski definition) is 1. The van der Waals surface area contributed by atoms with Crippen molar-refractivity contribution in [3.63, 3.8) is 0 Å². The van der Waals surface area contributed by atoms with Crippen LogP contribution < -0.4 is 10.2 Å². The number of nitrogens with one attached hydrogen (secondary N) is 1. The number of halogens is 2. The quantitative estimate of drug-likeness (QED) is 0.933. The van der Waals surface area contributed by atoms with Crippen LogP contribution in [0.5, 0.6) is 0 Å². The largest absolute Gasteiger partial charge is 0.376 e. The highest BCUT2D eigenvalue weighted by atomic mass is 35.5. The number of nitrogens with zero attached hydrogens (tertiary/aromatic N) is 1. The van der Waals surface area contributed by atoms with Gasteiger partial charge in [0.15, 0.2) is 0 Å². The monoisotopic (exact) mass is 292 g/mol. The lowest BCUT2D eigenvalue weighted by atomic mass is 10.2. The number of rotatable bonds is 3. The molecule has 0 saturated heterocycles. The second-order valence-corrected chi connectivity index (χ2v) is 4.96. The van der Waals surface area contributed by atoms with Gasteiger partial charge in [0.05, 0.1) is 11.4 Å². The number of carbonyl (C=O) groups is 1. The Hall–Kier alpha value is -2.07. The van der Waals surface area contributed by atoms with Crippen molar-refractivity contribution in [2.75, 3.05) is 24.3 Å². The van der Waals surface area contributed by atoms with Crippen LogP contribution >= 0.6 is 11.6 Å². The molecule has 0 aliphatic heterocycles. The molecule has 2 rings (SSSR count). The van der Waals surface area contributed by atoms with Crippen molar-refractivity contribution < 1.29 is 9.18 Å². The van der Waals surface area contributed by atoms with Crippen molar-refractivity contribution in [1.82, 2.24) is 0 Å². The first kappa shape index (κ1) is 14.3. The molecular weight excluding hydrogens is 279 g/mol. The number of amides is 1. The molecule has 2 aromatic carbocycles. The average Bonchev–Trinajstić information content (AvgIpc) is 2.38. The summed E-state index contributed by atoms with van der Waals surface area (Å²) >= 11 is 5.85. The number of benzene rings is 2. The molecule has 0 fully saturated rings. The summed E-state index contributed by atoms with van der Waals surface area (Å²) < 4.78 is 13.3. The van der Waals surface area contributed by atoms with Crippen LogP contribution in [-0.4, -0.2) is 20.0 Å². The highest BCUT2D eigenvalue weighted by molar-refractivity contribution is 6.31. The fourth-order valence-electron chi connectivity index (χ4n) is 1.82. The van der Waals surface area contributed by atoms with Crippen molar-refractivity contribution in [3.05, 3.63) is 58.9 Å². The van der Waals surface area contributed by atoms with Crippen molar-refractivity contribution in [1.29, 1.82) is 0 Å². The zero-order valence-electron chi connectivity index (χ0n) is 11.2. The molecule has 0 radical (unpaired) electrons. The van der Waals surface area contributed by atoms with Crippen molar-refractivity contribution >= 4 is 28.9 Å². The Balaban J connectivity index is 2.30. The lowest BCUT2D eigenvalue weighted by molar-refractivity contribution is 0.102. The molecule has 0 saturated carbocycles. The number of hydrogen-bond acceptors (Lipinski definition) is 2. The fraction of sp³-hybridized carbons (Fsp3) is 0.133. The lowest BCUT2D eigenvalue weighted by Crippen LogP contribution is -2.17. The number of anilines is 2. The average molecular weight is 293 g/mol. The summed E-state index contributed by atoms with van der Waals surface area (Å²) in [5, 5.41) is 3.17. The van der Waals surface area contributed by atoms with Crippen LogP contribution in [0.2, 0.25) is 5.02 Å². The second-order valence-electron chi connectivity index (χ2n) is 4.52. The van der Waals surface area contributed by atoms with Gasteiger partial charge in [-0.15, -0.1) is 0 Å². The summed E-state index contributed by atoms with van der Waals surface area (Å²) in [5.41, 5.74) is 1.56. The van der Waals surface area contributed by atoms with Gasteiger partial charge < -0.3 is 10.2 Å². The molecule has 5 heteroatoms. The summed E-state index contributed by atoms with van der Waals surface area (Å²) in [6.45, 7) is 0. The van der Waals surface area contributed by atoms with E-state index >= 15 is 0 Å². The Morgan fingerprint density at radius 2 is 1.95 bits per heavy atom. The third kappa shape index (κ3) is 3.27. The van der Waals surface area contributed by atoms with E-state index in [4.69, 9.17) is 11.6 Å². The van der Waals surface area contributed by atoms with E-state index in [1.165, 1.54) is 12.1 Å². The maximum Gasteiger partial charge on any atom is 0.255 e. The molecule has 0 aromatic heterocycles. The van der Waals surface area contributed by atoms with E-state index in [9.17, 15) is 9.18 Å². The zero-order valence-corrected chi connectivity index (χ0v) is 11.9. The van der Waals surface area contributed by atoms with Crippen LogP contribution in [0.25, 0.3) is 0 Å². The Morgan fingerprint density at radius 3 is 2.60 bits per heavy atom. The molecule has 3 nitrogen and oxygen atoms in total. The Kier molecular flexibility index (Phi) is 4.25. The van der Waals surface area contributed by atoms with Gasteiger partial charge in [0.25, 0.3) is 5.91 Å². The molecule has 0 aliphatic carbocycles. The summed E-state index contributed by atoms with van der Waals surface area (Å²) in [5.74, 6) is -0.738. The standard InChI is InChI=1S/C15H14ClFN2O/c1-19(2)14-7-6-12(17)9-13(14)18-15(20)10-4-3-5-11(16)8-10/h3-9H,1-2H3,(H,18,20). The Labute approximate surface area is 122 Å². The van der Waals surface area contributed by atoms with Crippen molar-refractivity contribution in [2.24, 2.45) is 0 Å². The minimum atomic E-state index is -0.406. The van der Waals surface area contributed by atoms with E-state index in [1.54, 1.807) is 35.2 Å². The predicted octanol–water partition coefficient (Wildman–Crippen LogP) is 3.80. The van der Waals surface area contributed by atoms with Crippen LogP contribution in [0, 0.1) is 5.82 Å². The maximum atomic E-state index is 13.3. The van der Waals surface area contributed by atoms with Gasteiger partial charge in [0.2, 0.25) is 0 Å². The molecule has 0 bridgehead atoms. The maximum absolute atomic E-state index is 13.3. The summed E-state index contributed by atoms with van der Waals surface area (Å²) in [7, 11) is 3.64. The van der Waals surface area contributed by atoms with E-state index < -0.39 is 5.82 Å². The molecule has 2 aromatic rings. The van der Waals surface area contributed by atoms with Gasteiger partial charge in [-0.2, -0.15) is 0 Å². The summed E-state index contributed by atoms with van der Waals surface area (Å²) in [6, 6.07) is 10.8. The molecule has 0 atom stereocenters. The van der Waals surface area contributed by atoms with Gasteiger partial charge in [0, 0.05) is 24.7 Å². The Morgan fingerprint density at radius 1 is 1.20 bits per heavy atom. The molecular formula is C15H14ClFN2O. The molecule has 20 heavy (non-hydrogen) atoms. The van der Waals surface area contributed by atoms with E-state index in [-0.39, 0.29) is 5.91 Å². The topological polar surface area (TPSA) is 32.3 Å². The van der Waals surface area contributed by atoms with Gasteiger partial charge in [0.1, 0.15) is 5.82 Å². The second kappa shape index (κ2) is 5.92. The van der Waals surface area contributed by atoms with Crippen LogP contribution in [0.4, 0.5) is 15.8 Å². The predicted molar refractivity (Wildman–Crippen MR) is 80.1 cm³/mol. The molecule has 1 amide bonds. The van der Waals surface area contributed by atoms with Crippen molar-refractivity contribution in [2.45, 2.75) is 0 Å². The van der Waals surface area contributed by atoms with Crippen LogP contribution in [0.15, 0.2) is 42.5 Å². The first-order valence-electron chi connectivity index (χ1n) is 6.01. The summed E-state index contributed by atoms with van der Waals surface area (Å²) in [6.07, 6.45) is 0. The molecule has 0 unspecified atom stereocenters. The molecule has 104 valence electrons. The van der Waals surface area contributed by atoms with Gasteiger partial charge >= 0.3 is 0 Å². The van der Waals surface area contributed by atoms with Crippen LogP contribution in [-0.2, 0) is 0 Å². The van der Waals surface area contributed by atoms with E-state index in [0.717, 1.165) is 5.69 Å². The highest BCUT2D eigenvalue weighted by Crippen LogP contribution is 2.26. The van der Waals surface area contributed by atoms with Crippen LogP contribution in [0.3, 0.4) is 0 Å². The third-order valence-corrected chi connectivity index (χ3v) is 3.01. The molecule has 1 N–H and O–H groups in total. The normalized spacial score (nSPS) is 10.2. The zero-order chi connectivity index (χ0) is 14.7. The molecule has 0 spiro atoms. The van der Waals surface area contributed by atoms with E-state index in [2.05, 4.69) is 5.32 Å². The minimum Gasteiger partial charge on any atom is -0.376 e. The smallest absolute Gasteiger partial charge is 0.255 e. The highest BCUT2D eigenvalue weighted by Gasteiger charge is 2.11. The lowest BCUT2D eigenvalue weighted by Gasteiger charge is -2.18. The van der Waals surface area contributed by atoms with Gasteiger partial charge in [-0.3, -0.25) is 4.79 Å². The van der Waals surface area contributed by atoms with E-state index in [0.29, 0.717) is 16.3 Å². The van der Waals surface area contributed by atoms with Crippen molar-refractivity contribution in [3.8, 4) is 0 Å². The van der Waals surface area contributed by atoms with Gasteiger partial charge in [-0.1, -0.05) is 17.7 Å². The third-order valence-electron chi connectivity index (χ3n) is 2.78. The Bertz CT molecular complexity index is 644. The molecule has 0 heterocycles. The van der Waals surface area contributed by atoms with E-state index in [1.807, 2.05) is 14.1 Å². The first-order chi connectivity index (χ1) is 9.47. The summed E-state index contributed by atoms with van der Waals surface area (Å²) in [4.78, 5) is 13.9. The first-order valence-corrected chi connectivity index (χ1v) is 6.39. The van der Waals surface area contributed by atoms with Crippen LogP contribution in [0.1, 0.15) is 10.4 Å². The molecule has 0 aliphatic rings. The SMILES string of the molecule is CN(C)c1ccc(F)cc1NC(=O)c1cccc(Cl)c1. The minimum absolute atomic E-state index is 0.332.